The summed E-state index contributed by atoms with van der Waals surface area (Å²) in [5.74, 6) is 0.336. The average molecular weight is 238 g/mol. The van der Waals surface area contributed by atoms with Gasteiger partial charge in [0.15, 0.2) is 0 Å². The molecule has 0 bridgehead atoms. The van der Waals surface area contributed by atoms with Crippen molar-refractivity contribution < 1.29 is 5.11 Å². The summed E-state index contributed by atoms with van der Waals surface area (Å²) >= 11 is 0. The van der Waals surface area contributed by atoms with Crippen molar-refractivity contribution in [3.8, 4) is 5.75 Å². The van der Waals surface area contributed by atoms with Gasteiger partial charge in [0.05, 0.1) is 0 Å². The Kier molecular flexibility index (Phi) is 3.83. The summed E-state index contributed by atoms with van der Waals surface area (Å²) in [5, 5.41) is 9.88. The van der Waals surface area contributed by atoms with E-state index in [0.29, 0.717) is 5.75 Å². The maximum atomic E-state index is 9.88. The maximum Gasteiger partial charge on any atom is 0.122 e. The average Bonchev–Trinajstić information content (AvgIpc) is 2.42. The highest BCUT2D eigenvalue weighted by atomic mass is 16.3. The third kappa shape index (κ3) is 2.80. The molecule has 0 aliphatic rings. The van der Waals surface area contributed by atoms with Crippen LogP contribution in [-0.4, -0.2) is 5.11 Å². The summed E-state index contributed by atoms with van der Waals surface area (Å²) in [6.07, 6.45) is 3.01. The van der Waals surface area contributed by atoms with E-state index in [4.69, 9.17) is 0 Å². The Bertz CT molecular complexity index is 553. The molecule has 1 N–H and O–H groups in total. The molecule has 0 amide bonds. The molecule has 2 aromatic rings. The molecule has 0 fully saturated rings. The van der Waals surface area contributed by atoms with Crippen LogP contribution in [0.4, 0.5) is 0 Å². The van der Waals surface area contributed by atoms with E-state index >= 15 is 0 Å². The molecule has 0 saturated heterocycles. The van der Waals surface area contributed by atoms with E-state index < -0.39 is 0 Å². The number of rotatable bonds is 3. The van der Waals surface area contributed by atoms with Gasteiger partial charge in [-0.15, -0.1) is 0 Å². The van der Waals surface area contributed by atoms with Crippen molar-refractivity contribution in [2.45, 2.75) is 20.3 Å². The Balaban J connectivity index is 2.38. The van der Waals surface area contributed by atoms with Gasteiger partial charge in [-0.1, -0.05) is 43.3 Å². The molecule has 0 radical (unpaired) electrons. The van der Waals surface area contributed by atoms with Crippen LogP contribution in [-0.2, 0) is 6.42 Å². The van der Waals surface area contributed by atoms with Crippen LogP contribution >= 0.6 is 0 Å². The van der Waals surface area contributed by atoms with Gasteiger partial charge in [-0.05, 0) is 48.3 Å². The standard InChI is InChI=1S/C17H18O/c1-3-14-9-10-17(18)16(12-14)11-13(2)15-7-5-4-6-8-15/h4-12,18H,3H2,1-2H3. The van der Waals surface area contributed by atoms with Gasteiger partial charge in [0.2, 0.25) is 0 Å². The van der Waals surface area contributed by atoms with E-state index in [1.165, 1.54) is 11.1 Å². The zero-order valence-corrected chi connectivity index (χ0v) is 10.9. The predicted octanol–water partition coefficient (Wildman–Crippen LogP) is 4.52. The number of hydrogen-bond acceptors (Lipinski definition) is 1. The Labute approximate surface area is 108 Å². The molecule has 0 aromatic heterocycles. The first-order valence-electron chi connectivity index (χ1n) is 6.26. The lowest BCUT2D eigenvalue weighted by Gasteiger charge is -2.05. The van der Waals surface area contributed by atoms with Crippen molar-refractivity contribution >= 4 is 11.6 Å². The fourth-order valence-corrected chi connectivity index (χ4v) is 1.96. The van der Waals surface area contributed by atoms with Gasteiger partial charge < -0.3 is 5.11 Å². The van der Waals surface area contributed by atoms with Crippen LogP contribution in [0.3, 0.4) is 0 Å². The molecule has 2 rings (SSSR count). The summed E-state index contributed by atoms with van der Waals surface area (Å²) < 4.78 is 0. The minimum absolute atomic E-state index is 0.336. The molecular weight excluding hydrogens is 220 g/mol. The highest BCUT2D eigenvalue weighted by molar-refractivity contribution is 5.81. The number of phenolic OH excluding ortho intramolecular Hbond substituents is 1. The molecule has 1 nitrogen and oxygen atoms in total. The summed E-state index contributed by atoms with van der Waals surface area (Å²) in [4.78, 5) is 0. The third-order valence-corrected chi connectivity index (χ3v) is 3.10. The third-order valence-electron chi connectivity index (χ3n) is 3.10. The lowest BCUT2D eigenvalue weighted by Crippen LogP contribution is -1.84. The molecular formula is C17H18O. The number of aromatic hydroxyl groups is 1. The minimum atomic E-state index is 0.336. The van der Waals surface area contributed by atoms with Gasteiger partial charge in [-0.25, -0.2) is 0 Å². The predicted molar refractivity (Wildman–Crippen MR) is 77.5 cm³/mol. The molecule has 2 aromatic carbocycles. The fourth-order valence-electron chi connectivity index (χ4n) is 1.96. The second-order valence-corrected chi connectivity index (χ2v) is 4.44. The van der Waals surface area contributed by atoms with E-state index in [1.54, 1.807) is 6.07 Å². The van der Waals surface area contributed by atoms with Crippen molar-refractivity contribution in [2.24, 2.45) is 0 Å². The monoisotopic (exact) mass is 238 g/mol. The van der Waals surface area contributed by atoms with E-state index in [-0.39, 0.29) is 0 Å². The highest BCUT2D eigenvalue weighted by Gasteiger charge is 2.01. The smallest absolute Gasteiger partial charge is 0.122 e. The second kappa shape index (κ2) is 5.54. The SMILES string of the molecule is CCc1ccc(O)c(C=C(C)c2ccccc2)c1. The zero-order chi connectivity index (χ0) is 13.0. The quantitative estimate of drug-likeness (QED) is 0.780. The number of benzene rings is 2. The van der Waals surface area contributed by atoms with Crippen molar-refractivity contribution in [3.63, 3.8) is 0 Å². The van der Waals surface area contributed by atoms with Crippen LogP contribution in [0.25, 0.3) is 11.6 Å². The summed E-state index contributed by atoms with van der Waals surface area (Å²) in [6, 6.07) is 16.0. The first kappa shape index (κ1) is 12.4. The van der Waals surface area contributed by atoms with Crippen molar-refractivity contribution in [1.29, 1.82) is 0 Å². The molecule has 0 heterocycles. The molecule has 18 heavy (non-hydrogen) atoms. The first-order chi connectivity index (χ1) is 8.70. The van der Waals surface area contributed by atoms with Crippen LogP contribution in [0.2, 0.25) is 0 Å². The largest absolute Gasteiger partial charge is 0.507 e. The number of phenols is 1. The summed E-state index contributed by atoms with van der Waals surface area (Å²) in [7, 11) is 0. The van der Waals surface area contributed by atoms with Gasteiger partial charge >= 0.3 is 0 Å². The van der Waals surface area contributed by atoms with E-state index in [1.807, 2.05) is 36.4 Å². The summed E-state index contributed by atoms with van der Waals surface area (Å²) in [6.45, 7) is 4.18. The zero-order valence-electron chi connectivity index (χ0n) is 10.9. The number of aryl methyl sites for hydroxylation is 1. The highest BCUT2D eigenvalue weighted by Crippen LogP contribution is 2.24. The van der Waals surface area contributed by atoms with Gasteiger partial charge in [-0.2, -0.15) is 0 Å². The molecule has 0 unspecified atom stereocenters. The molecule has 1 heteroatoms. The fraction of sp³-hybridized carbons (Fsp3) is 0.176. The second-order valence-electron chi connectivity index (χ2n) is 4.44. The number of hydrogen-bond donors (Lipinski definition) is 1. The Hall–Kier alpha value is -2.02. The molecule has 0 spiro atoms. The van der Waals surface area contributed by atoms with E-state index in [9.17, 15) is 5.11 Å². The molecule has 0 aliphatic carbocycles. The van der Waals surface area contributed by atoms with Crippen molar-refractivity contribution in [3.05, 3.63) is 65.2 Å². The summed E-state index contributed by atoms with van der Waals surface area (Å²) in [5.41, 5.74) is 4.45. The van der Waals surface area contributed by atoms with Crippen LogP contribution in [0.15, 0.2) is 48.5 Å². The van der Waals surface area contributed by atoms with Crippen LogP contribution in [0.1, 0.15) is 30.5 Å². The lowest BCUT2D eigenvalue weighted by molar-refractivity contribution is 0.474. The van der Waals surface area contributed by atoms with Crippen LogP contribution in [0.5, 0.6) is 5.75 Å². The maximum absolute atomic E-state index is 9.88. The first-order valence-corrected chi connectivity index (χ1v) is 6.26. The Morgan fingerprint density at radius 3 is 2.50 bits per heavy atom. The normalized spacial score (nSPS) is 11.6. The van der Waals surface area contributed by atoms with E-state index in [0.717, 1.165) is 17.6 Å². The van der Waals surface area contributed by atoms with Gasteiger partial charge in [0.25, 0.3) is 0 Å². The topological polar surface area (TPSA) is 20.2 Å². The lowest BCUT2D eigenvalue weighted by atomic mass is 10.0. The minimum Gasteiger partial charge on any atom is -0.507 e. The van der Waals surface area contributed by atoms with Crippen LogP contribution in [0, 0.1) is 0 Å². The van der Waals surface area contributed by atoms with Crippen molar-refractivity contribution in [1.82, 2.24) is 0 Å². The Morgan fingerprint density at radius 2 is 1.83 bits per heavy atom. The molecule has 0 saturated carbocycles. The van der Waals surface area contributed by atoms with E-state index in [2.05, 4.69) is 26.0 Å². The van der Waals surface area contributed by atoms with Crippen LogP contribution < -0.4 is 0 Å². The number of allylic oxidation sites excluding steroid dienone is 1. The molecule has 0 aliphatic heterocycles. The van der Waals surface area contributed by atoms with Gasteiger partial charge in [-0.3, -0.25) is 0 Å². The van der Waals surface area contributed by atoms with Crippen molar-refractivity contribution in [2.75, 3.05) is 0 Å². The van der Waals surface area contributed by atoms with Gasteiger partial charge in [0, 0.05) is 5.56 Å². The molecule has 0 atom stereocenters. The van der Waals surface area contributed by atoms with Gasteiger partial charge in [0.1, 0.15) is 5.75 Å². The molecule has 92 valence electrons. The Morgan fingerprint density at radius 1 is 1.11 bits per heavy atom.